The zero-order chi connectivity index (χ0) is 23.3. The van der Waals surface area contributed by atoms with Gasteiger partial charge in [0.1, 0.15) is 0 Å². The van der Waals surface area contributed by atoms with E-state index in [9.17, 15) is 14.4 Å². The first kappa shape index (κ1) is 24.1. The molecular weight excluding hydrogens is 388 g/mol. The van der Waals surface area contributed by atoms with Gasteiger partial charge in [0, 0.05) is 17.2 Å². The lowest BCUT2D eigenvalue weighted by Crippen LogP contribution is -2.59. The molecule has 5 nitrogen and oxygen atoms in total. The van der Waals surface area contributed by atoms with Crippen molar-refractivity contribution in [3.63, 3.8) is 0 Å². The minimum absolute atomic E-state index is 0.345. The van der Waals surface area contributed by atoms with Crippen LogP contribution in [0.1, 0.15) is 72.0 Å². The zero-order valence-corrected chi connectivity index (χ0v) is 19.5. The molecule has 2 rings (SSSR count). The van der Waals surface area contributed by atoms with Gasteiger partial charge in [0.15, 0.2) is 0 Å². The predicted octanol–water partition coefficient (Wildman–Crippen LogP) is 5.27. The largest absolute Gasteiger partial charge is 0.280 e. The number of carbonyl (C=O) groups is 3. The number of hydrogen-bond donors (Lipinski definition) is 0. The first-order chi connectivity index (χ1) is 14.5. The fourth-order valence-electron chi connectivity index (χ4n) is 3.44. The Balaban J connectivity index is 2.67. The van der Waals surface area contributed by atoms with Crippen LogP contribution in [0.3, 0.4) is 0 Å². The SMILES string of the molecule is CC=CC(=O)N(N(C(=O)c1ccc(CC)cc1)C(=O)c1cc(C)cc(C)c1)C(C)(C)C. The van der Waals surface area contributed by atoms with Crippen LogP contribution in [0.2, 0.25) is 0 Å². The van der Waals surface area contributed by atoms with E-state index < -0.39 is 23.3 Å². The lowest BCUT2D eigenvalue weighted by molar-refractivity contribution is -0.145. The Hall–Kier alpha value is -3.21. The second-order valence-corrected chi connectivity index (χ2v) is 8.67. The summed E-state index contributed by atoms with van der Waals surface area (Å²) >= 11 is 0. The number of amides is 3. The van der Waals surface area contributed by atoms with Crippen molar-refractivity contribution in [3.05, 3.63) is 82.4 Å². The number of aryl methyl sites for hydroxylation is 3. The number of rotatable bonds is 4. The number of allylic oxidation sites excluding steroid dienone is 1. The van der Waals surface area contributed by atoms with E-state index in [1.165, 1.54) is 11.1 Å². The Kier molecular flexibility index (Phi) is 7.55. The van der Waals surface area contributed by atoms with Crippen LogP contribution in [0.25, 0.3) is 0 Å². The molecule has 0 bridgehead atoms. The van der Waals surface area contributed by atoms with Gasteiger partial charge in [-0.2, -0.15) is 5.01 Å². The van der Waals surface area contributed by atoms with E-state index in [2.05, 4.69) is 0 Å². The van der Waals surface area contributed by atoms with E-state index in [-0.39, 0.29) is 0 Å². The quantitative estimate of drug-likeness (QED) is 0.385. The van der Waals surface area contributed by atoms with Crippen molar-refractivity contribution in [2.75, 3.05) is 0 Å². The summed E-state index contributed by atoms with van der Waals surface area (Å²) in [6, 6.07) is 12.5. The summed E-state index contributed by atoms with van der Waals surface area (Å²) in [5, 5.41) is 2.22. The molecule has 2 aromatic carbocycles. The number of carbonyl (C=O) groups excluding carboxylic acids is 3. The molecule has 5 heteroatoms. The van der Waals surface area contributed by atoms with Gasteiger partial charge in [-0.25, -0.2) is 5.01 Å². The highest BCUT2D eigenvalue weighted by Gasteiger charge is 2.39. The van der Waals surface area contributed by atoms with Crippen molar-refractivity contribution in [2.45, 2.75) is 60.4 Å². The minimum atomic E-state index is -0.815. The first-order valence-electron chi connectivity index (χ1n) is 10.5. The monoisotopic (exact) mass is 420 g/mol. The van der Waals surface area contributed by atoms with E-state index in [0.717, 1.165) is 28.1 Å². The van der Waals surface area contributed by atoms with Crippen molar-refractivity contribution < 1.29 is 14.4 Å². The summed E-state index contributed by atoms with van der Waals surface area (Å²) < 4.78 is 0. The van der Waals surface area contributed by atoms with Crippen molar-refractivity contribution in [2.24, 2.45) is 0 Å². The highest BCUT2D eigenvalue weighted by Crippen LogP contribution is 2.23. The summed E-state index contributed by atoms with van der Waals surface area (Å²) in [6.07, 6.45) is 3.80. The molecule has 0 unspecified atom stereocenters. The maximum Gasteiger partial charge on any atom is 0.280 e. The molecule has 3 amide bonds. The highest BCUT2D eigenvalue weighted by atomic mass is 16.2. The first-order valence-corrected chi connectivity index (χ1v) is 10.5. The third-order valence-corrected chi connectivity index (χ3v) is 4.82. The minimum Gasteiger partial charge on any atom is -0.268 e. The van der Waals surface area contributed by atoms with Crippen molar-refractivity contribution in [1.82, 2.24) is 10.0 Å². The average Bonchev–Trinajstić information content (AvgIpc) is 2.69. The fourth-order valence-corrected chi connectivity index (χ4v) is 3.44. The molecule has 0 heterocycles. The molecule has 164 valence electrons. The number of nitrogens with zero attached hydrogens (tertiary/aromatic N) is 2. The molecule has 0 saturated heterocycles. The van der Waals surface area contributed by atoms with Crippen LogP contribution in [0, 0.1) is 13.8 Å². The molecule has 0 saturated carbocycles. The van der Waals surface area contributed by atoms with Crippen molar-refractivity contribution >= 4 is 17.7 Å². The fraction of sp³-hybridized carbons (Fsp3) is 0.346. The van der Waals surface area contributed by atoms with Crippen LogP contribution < -0.4 is 0 Å². The van der Waals surface area contributed by atoms with Gasteiger partial charge in [0.05, 0.1) is 5.54 Å². The predicted molar refractivity (Wildman–Crippen MR) is 124 cm³/mol. The molecule has 0 radical (unpaired) electrons. The Labute approximate surface area is 185 Å². The van der Waals surface area contributed by atoms with Crippen LogP contribution in [0.4, 0.5) is 0 Å². The Morgan fingerprint density at radius 3 is 1.84 bits per heavy atom. The smallest absolute Gasteiger partial charge is 0.268 e. The standard InChI is InChI=1S/C26H32N2O3/c1-8-10-23(29)28(26(5,6)7)27(24(30)21-13-11-20(9-2)12-14-21)25(31)22-16-18(3)15-19(4)17-22/h8,10-17H,9H2,1-7H3. The molecule has 0 aromatic heterocycles. The summed E-state index contributed by atoms with van der Waals surface area (Å²) in [6.45, 7) is 12.9. The van der Waals surface area contributed by atoms with E-state index in [0.29, 0.717) is 11.1 Å². The van der Waals surface area contributed by atoms with E-state index in [1.54, 1.807) is 58.0 Å². The molecule has 0 aliphatic heterocycles. The normalized spacial score (nSPS) is 11.5. The maximum atomic E-state index is 13.7. The second-order valence-electron chi connectivity index (χ2n) is 8.67. The van der Waals surface area contributed by atoms with Gasteiger partial charge < -0.3 is 0 Å². The maximum absolute atomic E-state index is 13.7. The van der Waals surface area contributed by atoms with Crippen LogP contribution in [-0.2, 0) is 11.2 Å². The van der Waals surface area contributed by atoms with Gasteiger partial charge in [0.2, 0.25) is 0 Å². The summed E-state index contributed by atoms with van der Waals surface area (Å²) in [4.78, 5) is 40.3. The average molecular weight is 421 g/mol. The number of hydrogen-bond acceptors (Lipinski definition) is 3. The molecule has 0 atom stereocenters. The Morgan fingerprint density at radius 2 is 1.39 bits per heavy atom. The molecule has 2 aromatic rings. The van der Waals surface area contributed by atoms with Crippen molar-refractivity contribution in [3.8, 4) is 0 Å². The topological polar surface area (TPSA) is 57.7 Å². The number of imide groups is 1. The van der Waals surface area contributed by atoms with Crippen LogP contribution in [-0.4, -0.2) is 33.3 Å². The van der Waals surface area contributed by atoms with Gasteiger partial charge in [-0.15, -0.1) is 0 Å². The van der Waals surface area contributed by atoms with Crippen LogP contribution in [0.5, 0.6) is 0 Å². The van der Waals surface area contributed by atoms with E-state index in [1.807, 2.05) is 39.0 Å². The van der Waals surface area contributed by atoms with Gasteiger partial charge >= 0.3 is 0 Å². The third-order valence-electron chi connectivity index (χ3n) is 4.82. The molecular formula is C26H32N2O3. The Bertz CT molecular complexity index is 978. The molecule has 0 spiro atoms. The molecule has 0 aliphatic rings. The molecule has 0 aliphatic carbocycles. The number of benzene rings is 2. The Morgan fingerprint density at radius 1 is 0.871 bits per heavy atom. The van der Waals surface area contributed by atoms with E-state index in [4.69, 9.17) is 0 Å². The van der Waals surface area contributed by atoms with Gasteiger partial charge in [0.25, 0.3) is 17.7 Å². The van der Waals surface area contributed by atoms with Gasteiger partial charge in [-0.05, 0) is 77.8 Å². The lowest BCUT2D eigenvalue weighted by Gasteiger charge is -2.41. The van der Waals surface area contributed by atoms with E-state index >= 15 is 0 Å². The lowest BCUT2D eigenvalue weighted by atomic mass is 10.0. The summed E-state index contributed by atoms with van der Waals surface area (Å²) in [5.41, 5.74) is 2.79. The van der Waals surface area contributed by atoms with Crippen molar-refractivity contribution in [1.29, 1.82) is 0 Å². The second kappa shape index (κ2) is 9.73. The summed E-state index contributed by atoms with van der Waals surface area (Å²) in [7, 11) is 0. The van der Waals surface area contributed by atoms with Gasteiger partial charge in [-0.1, -0.05) is 42.3 Å². The third kappa shape index (κ3) is 5.69. The highest BCUT2D eigenvalue weighted by molar-refractivity contribution is 6.11. The number of hydrazine groups is 1. The van der Waals surface area contributed by atoms with Gasteiger partial charge in [-0.3, -0.25) is 14.4 Å². The molecule has 0 N–H and O–H groups in total. The van der Waals surface area contributed by atoms with Crippen LogP contribution in [0.15, 0.2) is 54.6 Å². The summed E-state index contributed by atoms with van der Waals surface area (Å²) in [5.74, 6) is -1.52. The molecule has 0 fully saturated rings. The zero-order valence-electron chi connectivity index (χ0n) is 19.5. The van der Waals surface area contributed by atoms with Crippen LogP contribution >= 0.6 is 0 Å². The molecule has 31 heavy (non-hydrogen) atoms.